The summed E-state index contributed by atoms with van der Waals surface area (Å²) in [5, 5.41) is 3.22. The summed E-state index contributed by atoms with van der Waals surface area (Å²) < 4.78 is 31.0. The van der Waals surface area contributed by atoms with Crippen LogP contribution in [0.4, 0.5) is 4.39 Å². The Bertz CT molecular complexity index is 711. The van der Waals surface area contributed by atoms with Crippen LogP contribution in [-0.4, -0.2) is 16.3 Å². The van der Waals surface area contributed by atoms with E-state index in [4.69, 9.17) is 9.72 Å². The Labute approximate surface area is 148 Å². The Kier molecular flexibility index (Phi) is 6.00. The van der Waals surface area contributed by atoms with E-state index in [0.717, 1.165) is 11.3 Å². The summed E-state index contributed by atoms with van der Waals surface area (Å²) in [4.78, 5) is 4.69. The Balaban J connectivity index is 1.58. The quantitative estimate of drug-likeness (QED) is 0.737. The molecule has 130 valence electrons. The molecule has 0 bridgehead atoms. The molecule has 6 heteroatoms. The highest BCUT2D eigenvalue weighted by atomic mass is 32.2. The van der Waals surface area contributed by atoms with Gasteiger partial charge in [0.2, 0.25) is 0 Å². The van der Waals surface area contributed by atoms with Crippen LogP contribution in [-0.2, 0) is 22.3 Å². The van der Waals surface area contributed by atoms with E-state index < -0.39 is 16.6 Å². The average molecular weight is 368 g/mol. The number of aromatic nitrogens is 1. The maximum atomic E-state index is 13.7. The smallest absolute Gasteiger partial charge is 0.165 e. The maximum Gasteiger partial charge on any atom is 0.165 e. The minimum absolute atomic E-state index is 0.209. The number of rotatable bonds is 6. The molecule has 24 heavy (non-hydrogen) atoms. The van der Waals surface area contributed by atoms with Crippen LogP contribution in [0.5, 0.6) is 5.75 Å². The van der Waals surface area contributed by atoms with Crippen molar-refractivity contribution in [2.24, 2.45) is 0 Å². The molecule has 1 saturated carbocycles. The molecule has 1 fully saturated rings. The van der Waals surface area contributed by atoms with Crippen LogP contribution in [0.1, 0.15) is 54.3 Å². The van der Waals surface area contributed by atoms with Crippen LogP contribution < -0.4 is 4.74 Å². The van der Waals surface area contributed by atoms with E-state index in [1.54, 1.807) is 23.5 Å². The minimum Gasteiger partial charge on any atom is -0.494 e. The third kappa shape index (κ3) is 4.42. The zero-order chi connectivity index (χ0) is 16.9. The highest BCUT2D eigenvalue weighted by Gasteiger charge is 2.19. The molecular weight excluding hydrogens is 345 g/mol. The van der Waals surface area contributed by atoms with Crippen LogP contribution >= 0.6 is 11.3 Å². The van der Waals surface area contributed by atoms with Gasteiger partial charge in [-0.3, -0.25) is 4.21 Å². The number of ether oxygens (including phenoxy) is 1. The van der Waals surface area contributed by atoms with Crippen molar-refractivity contribution in [2.45, 2.75) is 49.5 Å². The third-order valence-electron chi connectivity index (χ3n) is 4.38. The van der Waals surface area contributed by atoms with Gasteiger partial charge in [-0.2, -0.15) is 0 Å². The van der Waals surface area contributed by atoms with E-state index in [1.165, 1.54) is 50.3 Å². The molecule has 1 aliphatic carbocycles. The van der Waals surface area contributed by atoms with Crippen LogP contribution in [0.15, 0.2) is 23.6 Å². The second-order valence-electron chi connectivity index (χ2n) is 6.21. The lowest BCUT2D eigenvalue weighted by molar-refractivity contribution is 0.386. The summed E-state index contributed by atoms with van der Waals surface area (Å²) in [6, 6.07) is 4.73. The van der Waals surface area contributed by atoms with Crippen molar-refractivity contribution in [3.63, 3.8) is 0 Å². The second kappa shape index (κ2) is 8.21. The molecule has 0 spiro atoms. The van der Waals surface area contributed by atoms with E-state index >= 15 is 0 Å². The first kappa shape index (κ1) is 17.5. The molecule has 1 aliphatic rings. The van der Waals surface area contributed by atoms with Crippen LogP contribution in [0, 0.1) is 5.82 Å². The highest BCUT2D eigenvalue weighted by Crippen LogP contribution is 2.34. The van der Waals surface area contributed by atoms with Gasteiger partial charge >= 0.3 is 0 Å². The predicted molar refractivity (Wildman–Crippen MR) is 96.4 cm³/mol. The lowest BCUT2D eigenvalue weighted by Crippen LogP contribution is -2.05. The number of methoxy groups -OCH3 is 1. The third-order valence-corrected chi connectivity index (χ3v) is 6.71. The Morgan fingerprint density at radius 1 is 1.29 bits per heavy atom. The number of halogens is 1. The first-order valence-electron chi connectivity index (χ1n) is 8.27. The van der Waals surface area contributed by atoms with E-state index in [1.807, 2.05) is 5.38 Å². The number of hydrogen-bond donors (Lipinski definition) is 0. The van der Waals surface area contributed by atoms with E-state index in [-0.39, 0.29) is 5.75 Å². The van der Waals surface area contributed by atoms with Gasteiger partial charge in [-0.25, -0.2) is 9.37 Å². The normalized spacial score (nSPS) is 16.9. The molecular formula is C18H22FNO2S2. The monoisotopic (exact) mass is 367 g/mol. The maximum absolute atomic E-state index is 13.7. The molecule has 0 N–H and O–H groups in total. The van der Waals surface area contributed by atoms with Gasteiger partial charge in [-0.05, 0) is 30.5 Å². The van der Waals surface area contributed by atoms with Crippen molar-refractivity contribution in [3.05, 3.63) is 45.7 Å². The fourth-order valence-corrected chi connectivity index (χ4v) is 5.36. The number of thiazole rings is 1. The fourth-order valence-electron chi connectivity index (χ4n) is 3.13. The first-order valence-corrected chi connectivity index (χ1v) is 10.6. The summed E-state index contributed by atoms with van der Waals surface area (Å²) in [7, 11) is 0.339. The topological polar surface area (TPSA) is 39.2 Å². The summed E-state index contributed by atoms with van der Waals surface area (Å²) in [5.41, 5.74) is 1.61. The summed E-state index contributed by atoms with van der Waals surface area (Å²) in [6.45, 7) is 0. The van der Waals surface area contributed by atoms with Gasteiger partial charge in [0.15, 0.2) is 11.6 Å². The Morgan fingerprint density at radius 2 is 2.08 bits per heavy atom. The molecule has 2 aromatic rings. The zero-order valence-corrected chi connectivity index (χ0v) is 15.4. The van der Waals surface area contributed by atoms with Crippen molar-refractivity contribution in [1.29, 1.82) is 0 Å². The van der Waals surface area contributed by atoms with Gasteiger partial charge in [-0.1, -0.05) is 25.3 Å². The molecule has 3 nitrogen and oxygen atoms in total. The predicted octanol–water partition coefficient (Wildman–Crippen LogP) is 4.79. The fraction of sp³-hybridized carbons (Fsp3) is 0.500. The Hall–Kier alpha value is -1.27. The van der Waals surface area contributed by atoms with Gasteiger partial charge in [0.05, 0.1) is 23.6 Å². The molecule has 1 atom stereocenters. The Morgan fingerprint density at radius 3 is 2.79 bits per heavy atom. The van der Waals surface area contributed by atoms with Gasteiger partial charge in [0.25, 0.3) is 0 Å². The molecule has 1 aromatic heterocycles. The van der Waals surface area contributed by atoms with Crippen molar-refractivity contribution in [3.8, 4) is 5.75 Å². The lowest BCUT2D eigenvalue weighted by atomic mass is 9.90. The summed E-state index contributed by atoms with van der Waals surface area (Å²) >= 11 is 1.69. The molecule has 3 rings (SSSR count). The first-order chi connectivity index (χ1) is 11.7. The standard InChI is InChI=1S/C18H22FNO2S2/c1-22-17-8-7-13(9-16(17)19)11-24(21)12-15-10-23-18(20-15)14-5-3-2-4-6-14/h7-10,14H,2-6,11-12H2,1H3/t24-/m1/s1. The van der Waals surface area contributed by atoms with Gasteiger partial charge in [0, 0.05) is 27.9 Å². The number of benzene rings is 1. The van der Waals surface area contributed by atoms with E-state index in [0.29, 0.717) is 17.4 Å². The highest BCUT2D eigenvalue weighted by molar-refractivity contribution is 7.83. The van der Waals surface area contributed by atoms with Crippen molar-refractivity contribution < 1.29 is 13.3 Å². The van der Waals surface area contributed by atoms with Crippen LogP contribution in [0.3, 0.4) is 0 Å². The van der Waals surface area contributed by atoms with Crippen molar-refractivity contribution in [2.75, 3.05) is 7.11 Å². The largest absolute Gasteiger partial charge is 0.494 e. The average Bonchev–Trinajstić information content (AvgIpc) is 3.04. The van der Waals surface area contributed by atoms with Gasteiger partial charge in [-0.15, -0.1) is 11.3 Å². The second-order valence-corrected chi connectivity index (χ2v) is 8.56. The molecule has 0 amide bonds. The molecule has 0 saturated heterocycles. The van der Waals surface area contributed by atoms with Crippen molar-refractivity contribution in [1.82, 2.24) is 4.98 Å². The van der Waals surface area contributed by atoms with E-state index in [2.05, 4.69) is 0 Å². The number of hydrogen-bond acceptors (Lipinski definition) is 4. The zero-order valence-electron chi connectivity index (χ0n) is 13.8. The number of nitrogens with zero attached hydrogens (tertiary/aromatic N) is 1. The SMILES string of the molecule is COc1ccc(C[S@@](=O)Cc2csc(C3CCCCC3)n2)cc1F. The van der Waals surface area contributed by atoms with Gasteiger partial charge in [0.1, 0.15) is 0 Å². The lowest BCUT2D eigenvalue weighted by Gasteiger charge is -2.18. The molecule has 1 heterocycles. The minimum atomic E-state index is -1.09. The van der Waals surface area contributed by atoms with Gasteiger partial charge < -0.3 is 4.74 Å². The summed E-state index contributed by atoms with van der Waals surface area (Å²) in [5.74, 6) is 1.14. The van der Waals surface area contributed by atoms with Crippen molar-refractivity contribution >= 4 is 22.1 Å². The molecule has 0 unspecified atom stereocenters. The van der Waals surface area contributed by atoms with Crippen LogP contribution in [0.2, 0.25) is 0 Å². The molecule has 1 aromatic carbocycles. The molecule has 0 radical (unpaired) electrons. The van der Waals surface area contributed by atoms with Crippen LogP contribution in [0.25, 0.3) is 0 Å². The summed E-state index contributed by atoms with van der Waals surface area (Å²) in [6.07, 6.45) is 6.35. The molecule has 0 aliphatic heterocycles. The van der Waals surface area contributed by atoms with E-state index in [9.17, 15) is 8.60 Å².